The minimum atomic E-state index is -4.07. The van der Waals surface area contributed by atoms with Crippen molar-refractivity contribution in [3.8, 4) is 5.75 Å². The number of rotatable bonds is 4. The Kier molecular flexibility index (Phi) is 4.43. The number of carboxylic acid groups (broad SMARTS) is 1. The van der Waals surface area contributed by atoms with E-state index in [0.29, 0.717) is 18.6 Å². The molecular formula is C18H19NO5S. The summed E-state index contributed by atoms with van der Waals surface area (Å²) >= 11 is 0. The quantitative estimate of drug-likeness (QED) is 0.811. The summed E-state index contributed by atoms with van der Waals surface area (Å²) in [6.45, 7) is 0. The molecule has 0 aromatic heterocycles. The van der Waals surface area contributed by atoms with E-state index in [1.807, 2.05) is 0 Å². The Balaban J connectivity index is 2.25. The number of aromatic carboxylic acids is 1. The van der Waals surface area contributed by atoms with Gasteiger partial charge in [0.05, 0.1) is 23.3 Å². The Hall–Kier alpha value is -2.54. The molecule has 25 heavy (non-hydrogen) atoms. The summed E-state index contributed by atoms with van der Waals surface area (Å²) in [4.78, 5) is 11.4. The molecule has 3 N–H and O–H groups in total. The van der Waals surface area contributed by atoms with Crippen LogP contribution in [0.2, 0.25) is 0 Å². The van der Waals surface area contributed by atoms with Crippen molar-refractivity contribution < 1.29 is 23.1 Å². The van der Waals surface area contributed by atoms with Crippen LogP contribution < -0.4 is 10.5 Å². The number of fused-ring (bicyclic) bond motifs is 1. The second-order valence-electron chi connectivity index (χ2n) is 6.00. The highest BCUT2D eigenvalue weighted by Gasteiger charge is 2.31. The molecule has 0 spiro atoms. The molecule has 0 radical (unpaired) electrons. The van der Waals surface area contributed by atoms with E-state index >= 15 is 0 Å². The number of ether oxygens (including phenoxy) is 1. The lowest BCUT2D eigenvalue weighted by Crippen LogP contribution is -2.17. The van der Waals surface area contributed by atoms with Gasteiger partial charge in [-0.1, -0.05) is 0 Å². The minimum Gasteiger partial charge on any atom is -0.497 e. The lowest BCUT2D eigenvalue weighted by molar-refractivity contribution is 0.0692. The topological polar surface area (TPSA) is 107 Å². The van der Waals surface area contributed by atoms with E-state index in [9.17, 15) is 18.3 Å². The van der Waals surface area contributed by atoms with Crippen molar-refractivity contribution in [3.63, 3.8) is 0 Å². The highest BCUT2D eigenvalue weighted by atomic mass is 32.2. The number of nitrogens with two attached hydrogens (primary N) is 1. The molecule has 132 valence electrons. The molecule has 0 saturated heterocycles. The summed E-state index contributed by atoms with van der Waals surface area (Å²) in [6, 6.07) is 7.27. The molecule has 0 bridgehead atoms. The van der Waals surface area contributed by atoms with Crippen molar-refractivity contribution in [2.24, 2.45) is 0 Å². The molecule has 2 aromatic carbocycles. The SMILES string of the molecule is COc1ccc(S(=O)(=O)c2c(C(=O)O)cc3c(c2N)CCCC3)cc1. The van der Waals surface area contributed by atoms with E-state index in [1.54, 1.807) is 0 Å². The van der Waals surface area contributed by atoms with Gasteiger partial charge in [0, 0.05) is 0 Å². The van der Waals surface area contributed by atoms with E-state index in [-0.39, 0.29) is 21.0 Å². The normalized spacial score (nSPS) is 14.0. The van der Waals surface area contributed by atoms with E-state index in [1.165, 1.54) is 37.4 Å². The van der Waals surface area contributed by atoms with Gasteiger partial charge in [-0.05, 0) is 67.1 Å². The monoisotopic (exact) mass is 361 g/mol. The van der Waals surface area contributed by atoms with Gasteiger partial charge in [0.1, 0.15) is 10.6 Å². The maximum Gasteiger partial charge on any atom is 0.337 e. The minimum absolute atomic E-state index is 0.0155. The third-order valence-corrected chi connectivity index (χ3v) is 6.38. The van der Waals surface area contributed by atoms with Gasteiger partial charge in [-0.3, -0.25) is 0 Å². The van der Waals surface area contributed by atoms with Gasteiger partial charge in [-0.2, -0.15) is 0 Å². The average Bonchev–Trinajstić information content (AvgIpc) is 2.61. The average molecular weight is 361 g/mol. The van der Waals surface area contributed by atoms with Crippen molar-refractivity contribution in [1.29, 1.82) is 0 Å². The fourth-order valence-corrected chi connectivity index (χ4v) is 4.82. The fourth-order valence-electron chi connectivity index (χ4n) is 3.24. The summed E-state index contributed by atoms with van der Waals surface area (Å²) in [7, 11) is -2.59. The molecule has 6 nitrogen and oxygen atoms in total. The first kappa shape index (κ1) is 17.3. The van der Waals surface area contributed by atoms with Gasteiger partial charge >= 0.3 is 5.97 Å². The van der Waals surface area contributed by atoms with Gasteiger partial charge in [0.2, 0.25) is 9.84 Å². The van der Waals surface area contributed by atoms with Crippen molar-refractivity contribution in [2.45, 2.75) is 35.5 Å². The molecule has 0 saturated carbocycles. The zero-order chi connectivity index (χ0) is 18.2. The predicted octanol–water partition coefficient (Wildman–Crippen LogP) is 2.69. The van der Waals surface area contributed by atoms with Gasteiger partial charge in [-0.25, -0.2) is 13.2 Å². The van der Waals surface area contributed by atoms with Crippen LogP contribution in [0.3, 0.4) is 0 Å². The molecule has 7 heteroatoms. The molecule has 0 heterocycles. The first-order valence-corrected chi connectivity index (χ1v) is 9.41. The molecule has 0 fully saturated rings. The number of sulfone groups is 1. The van der Waals surface area contributed by atoms with E-state index in [0.717, 1.165) is 24.0 Å². The van der Waals surface area contributed by atoms with Crippen molar-refractivity contribution in [1.82, 2.24) is 0 Å². The van der Waals surface area contributed by atoms with Crippen LogP contribution in [0.5, 0.6) is 5.75 Å². The van der Waals surface area contributed by atoms with Crippen LogP contribution in [0.15, 0.2) is 40.1 Å². The largest absolute Gasteiger partial charge is 0.497 e. The molecule has 0 aliphatic heterocycles. The van der Waals surface area contributed by atoms with Crippen LogP contribution in [-0.4, -0.2) is 26.6 Å². The Morgan fingerprint density at radius 2 is 1.80 bits per heavy atom. The predicted molar refractivity (Wildman–Crippen MR) is 92.9 cm³/mol. The first-order chi connectivity index (χ1) is 11.9. The van der Waals surface area contributed by atoms with Crippen LogP contribution in [0, 0.1) is 0 Å². The Morgan fingerprint density at radius 3 is 2.40 bits per heavy atom. The number of hydrogen-bond donors (Lipinski definition) is 2. The number of carboxylic acids is 1. The van der Waals surface area contributed by atoms with E-state index in [4.69, 9.17) is 10.5 Å². The second kappa shape index (κ2) is 6.40. The van der Waals surface area contributed by atoms with E-state index in [2.05, 4.69) is 0 Å². The molecule has 1 aliphatic rings. The maximum atomic E-state index is 13.1. The molecule has 0 unspecified atom stereocenters. The lowest BCUT2D eigenvalue weighted by atomic mass is 9.89. The smallest absolute Gasteiger partial charge is 0.337 e. The third-order valence-electron chi connectivity index (χ3n) is 4.51. The fraction of sp³-hybridized carbons (Fsp3) is 0.278. The summed E-state index contributed by atoms with van der Waals surface area (Å²) < 4.78 is 31.2. The first-order valence-electron chi connectivity index (χ1n) is 7.93. The van der Waals surface area contributed by atoms with Crippen molar-refractivity contribution in [3.05, 3.63) is 47.0 Å². The number of hydrogen-bond acceptors (Lipinski definition) is 5. The number of anilines is 1. The molecular weight excluding hydrogens is 342 g/mol. The van der Waals surface area contributed by atoms with Gasteiger partial charge < -0.3 is 15.6 Å². The molecule has 3 rings (SSSR count). The number of nitrogen functional groups attached to an aromatic ring is 1. The highest BCUT2D eigenvalue weighted by Crippen LogP contribution is 2.37. The van der Waals surface area contributed by atoms with Crippen LogP contribution in [-0.2, 0) is 22.7 Å². The van der Waals surface area contributed by atoms with Crippen LogP contribution in [0.25, 0.3) is 0 Å². The summed E-state index contributed by atoms with van der Waals surface area (Å²) in [6.07, 6.45) is 3.22. The highest BCUT2D eigenvalue weighted by molar-refractivity contribution is 7.91. The summed E-state index contributed by atoms with van der Waals surface area (Å²) in [5.74, 6) is -0.789. The van der Waals surface area contributed by atoms with Crippen molar-refractivity contribution >= 4 is 21.5 Å². The number of methoxy groups -OCH3 is 1. The summed E-state index contributed by atoms with van der Waals surface area (Å²) in [5.41, 5.74) is 7.53. The van der Waals surface area contributed by atoms with Gasteiger partial charge in [-0.15, -0.1) is 0 Å². The van der Waals surface area contributed by atoms with Crippen LogP contribution in [0.4, 0.5) is 5.69 Å². The number of benzene rings is 2. The standard InChI is InChI=1S/C18H19NO5S/c1-24-12-6-8-13(9-7-12)25(22,23)17-15(18(20)21)10-11-4-2-3-5-14(11)16(17)19/h6-10H,2-5,19H2,1H3,(H,20,21). The molecule has 0 atom stereocenters. The zero-order valence-corrected chi connectivity index (χ0v) is 14.6. The molecule has 1 aliphatic carbocycles. The summed E-state index contributed by atoms with van der Waals surface area (Å²) in [5, 5.41) is 9.54. The Bertz CT molecular complexity index is 933. The Labute approximate surface area is 146 Å². The van der Waals surface area contributed by atoms with E-state index < -0.39 is 15.8 Å². The number of carbonyl (C=O) groups is 1. The van der Waals surface area contributed by atoms with Crippen LogP contribution >= 0.6 is 0 Å². The van der Waals surface area contributed by atoms with Gasteiger partial charge in [0.15, 0.2) is 0 Å². The third kappa shape index (κ3) is 2.95. The lowest BCUT2D eigenvalue weighted by Gasteiger charge is -2.22. The van der Waals surface area contributed by atoms with Gasteiger partial charge in [0.25, 0.3) is 0 Å². The number of aryl methyl sites for hydroxylation is 1. The zero-order valence-electron chi connectivity index (χ0n) is 13.8. The van der Waals surface area contributed by atoms with Crippen molar-refractivity contribution in [2.75, 3.05) is 12.8 Å². The Morgan fingerprint density at radius 1 is 1.16 bits per heavy atom. The molecule has 0 amide bonds. The van der Waals surface area contributed by atoms with Crippen LogP contribution in [0.1, 0.15) is 34.3 Å². The molecule has 2 aromatic rings. The maximum absolute atomic E-state index is 13.1. The second-order valence-corrected chi connectivity index (χ2v) is 7.88.